The zero-order chi connectivity index (χ0) is 20.7. The van der Waals surface area contributed by atoms with Crippen molar-refractivity contribution in [1.82, 2.24) is 29.6 Å². The van der Waals surface area contributed by atoms with E-state index in [-0.39, 0.29) is 31.8 Å². The van der Waals surface area contributed by atoms with Crippen LogP contribution in [-0.2, 0) is 0 Å². The van der Waals surface area contributed by atoms with Gasteiger partial charge in [-0.05, 0) is 24.3 Å². The number of hydrogen-bond acceptors (Lipinski definition) is 4. The summed E-state index contributed by atoms with van der Waals surface area (Å²) >= 11 is 0. The summed E-state index contributed by atoms with van der Waals surface area (Å²) in [5.74, 6) is -2.95. The van der Waals surface area contributed by atoms with Crippen molar-refractivity contribution in [3.8, 4) is 16.9 Å². The van der Waals surface area contributed by atoms with Crippen molar-refractivity contribution >= 4 is 16.9 Å². The smallest absolute Gasteiger partial charge is 0.255 e. The average molecular weight is 408 g/mol. The minimum Gasteiger partial charge on any atom is -0.338 e. The van der Waals surface area contributed by atoms with E-state index < -0.39 is 5.92 Å². The van der Waals surface area contributed by atoms with Crippen molar-refractivity contribution in [3.05, 3.63) is 60.8 Å². The van der Waals surface area contributed by atoms with Crippen molar-refractivity contribution < 1.29 is 13.6 Å². The monoisotopic (exact) mass is 408 g/mol. The average Bonchev–Trinajstić information content (AvgIpc) is 3.43. The number of pyridine rings is 2. The van der Waals surface area contributed by atoms with Gasteiger partial charge in [0.25, 0.3) is 11.8 Å². The molecule has 4 aromatic heterocycles. The second-order valence-electron chi connectivity index (χ2n) is 7.36. The number of aromatic nitrogens is 5. The van der Waals surface area contributed by atoms with Crippen molar-refractivity contribution in [1.29, 1.82) is 0 Å². The minimum atomic E-state index is -2.68. The Morgan fingerprint density at radius 3 is 2.70 bits per heavy atom. The summed E-state index contributed by atoms with van der Waals surface area (Å²) in [6.45, 7) is 0.109. The normalized spacial score (nSPS) is 16.1. The fraction of sp³-hybridized carbons (Fsp3) is 0.238. The van der Waals surface area contributed by atoms with Gasteiger partial charge in [-0.2, -0.15) is 5.10 Å². The zero-order valence-electron chi connectivity index (χ0n) is 15.9. The van der Waals surface area contributed by atoms with Crippen LogP contribution < -0.4 is 0 Å². The van der Waals surface area contributed by atoms with Crippen molar-refractivity contribution in [3.63, 3.8) is 0 Å². The van der Waals surface area contributed by atoms with Crippen molar-refractivity contribution in [2.24, 2.45) is 0 Å². The topological polar surface area (TPSA) is 79.7 Å². The first kappa shape index (κ1) is 18.4. The molecule has 0 aromatic carbocycles. The van der Waals surface area contributed by atoms with Gasteiger partial charge in [-0.25, -0.2) is 13.8 Å². The first-order chi connectivity index (χ1) is 14.5. The summed E-state index contributed by atoms with van der Waals surface area (Å²) in [5, 5.41) is 7.52. The Bertz CT molecular complexity index is 1210. The lowest BCUT2D eigenvalue weighted by Gasteiger charge is -2.31. The molecule has 5 rings (SSSR count). The molecule has 0 bridgehead atoms. The molecule has 0 radical (unpaired) electrons. The highest BCUT2D eigenvalue weighted by molar-refractivity contribution is 5.97. The van der Waals surface area contributed by atoms with Crippen LogP contribution in [0.3, 0.4) is 0 Å². The van der Waals surface area contributed by atoms with Crippen LogP contribution >= 0.6 is 0 Å². The predicted octanol–water partition coefficient (Wildman–Crippen LogP) is 3.68. The molecule has 0 spiro atoms. The SMILES string of the molecule is O=C(c1cnc2c(ccn2-c2ccnc(-c3cn[nH]c3)c2)c1)N1CCC(F)(F)CC1. The van der Waals surface area contributed by atoms with Crippen LogP contribution in [0.2, 0.25) is 0 Å². The Kier molecular flexibility index (Phi) is 4.30. The minimum absolute atomic E-state index is 0.0543. The molecule has 1 aliphatic heterocycles. The number of hydrogen-bond donors (Lipinski definition) is 1. The summed E-state index contributed by atoms with van der Waals surface area (Å²) in [6.07, 6.45) is 7.97. The second kappa shape index (κ2) is 7.01. The van der Waals surface area contributed by atoms with Crippen LogP contribution in [-0.4, -0.2) is 54.6 Å². The van der Waals surface area contributed by atoms with Gasteiger partial charge in [0.2, 0.25) is 0 Å². The largest absolute Gasteiger partial charge is 0.338 e. The highest BCUT2D eigenvalue weighted by Crippen LogP contribution is 2.29. The third-order valence-electron chi connectivity index (χ3n) is 5.37. The molecule has 0 aliphatic carbocycles. The highest BCUT2D eigenvalue weighted by Gasteiger charge is 2.35. The fourth-order valence-corrected chi connectivity index (χ4v) is 3.69. The molecule has 9 heteroatoms. The number of amides is 1. The molecule has 1 saturated heterocycles. The van der Waals surface area contributed by atoms with E-state index in [0.717, 1.165) is 22.3 Å². The molecule has 4 aromatic rings. The number of piperidine rings is 1. The number of fused-ring (bicyclic) bond motifs is 1. The quantitative estimate of drug-likeness (QED) is 0.561. The van der Waals surface area contributed by atoms with E-state index in [4.69, 9.17) is 0 Å². The molecule has 30 heavy (non-hydrogen) atoms. The van der Waals surface area contributed by atoms with Gasteiger partial charge in [0.15, 0.2) is 0 Å². The number of likely N-dealkylation sites (tertiary alicyclic amines) is 1. The van der Waals surface area contributed by atoms with Crippen molar-refractivity contribution in [2.75, 3.05) is 13.1 Å². The molecule has 7 nitrogen and oxygen atoms in total. The van der Waals surface area contributed by atoms with Crippen molar-refractivity contribution in [2.45, 2.75) is 18.8 Å². The van der Waals surface area contributed by atoms with E-state index >= 15 is 0 Å². The van der Waals surface area contributed by atoms with E-state index in [1.807, 2.05) is 29.0 Å². The van der Waals surface area contributed by atoms with Gasteiger partial charge >= 0.3 is 0 Å². The summed E-state index contributed by atoms with van der Waals surface area (Å²) in [4.78, 5) is 23.1. The summed E-state index contributed by atoms with van der Waals surface area (Å²) < 4.78 is 28.7. The molecule has 5 heterocycles. The lowest BCUT2D eigenvalue weighted by Crippen LogP contribution is -2.42. The van der Waals surface area contributed by atoms with Crippen LogP contribution in [0.1, 0.15) is 23.2 Å². The molecule has 152 valence electrons. The van der Waals surface area contributed by atoms with E-state index in [1.165, 1.54) is 11.1 Å². The number of nitrogens with one attached hydrogen (secondary N) is 1. The maximum atomic E-state index is 13.4. The van der Waals surface area contributed by atoms with Gasteiger partial charge in [-0.3, -0.25) is 14.9 Å². The maximum absolute atomic E-state index is 13.4. The Labute approximate surface area is 170 Å². The molecule has 1 aliphatic rings. The number of alkyl halides is 2. The molecule has 1 fully saturated rings. The van der Waals surface area contributed by atoms with Gasteiger partial charge in [0, 0.05) is 61.7 Å². The predicted molar refractivity (Wildman–Crippen MR) is 107 cm³/mol. The summed E-state index contributed by atoms with van der Waals surface area (Å²) in [7, 11) is 0. The molecular weight excluding hydrogens is 390 g/mol. The van der Waals surface area contributed by atoms with Gasteiger partial charge in [0.05, 0.1) is 23.1 Å². The highest BCUT2D eigenvalue weighted by atomic mass is 19.3. The second-order valence-corrected chi connectivity index (χ2v) is 7.36. The Hall–Kier alpha value is -3.62. The van der Waals surface area contributed by atoms with Gasteiger partial charge in [0.1, 0.15) is 5.65 Å². The summed E-state index contributed by atoms with van der Waals surface area (Å²) in [6, 6.07) is 7.43. The number of carbonyl (C=O) groups excluding carboxylic acids is 1. The number of H-pyrrole nitrogens is 1. The fourth-order valence-electron chi connectivity index (χ4n) is 3.69. The first-order valence-corrected chi connectivity index (χ1v) is 9.60. The van der Waals surface area contributed by atoms with E-state index in [9.17, 15) is 13.6 Å². The third kappa shape index (κ3) is 3.32. The third-order valence-corrected chi connectivity index (χ3v) is 5.37. The number of rotatable bonds is 3. The number of aromatic amines is 1. The van der Waals surface area contributed by atoms with Crippen LogP contribution in [0, 0.1) is 0 Å². The molecule has 0 unspecified atom stereocenters. The standard InChI is InChI=1S/C21H18F2N6O/c22-21(23)3-7-28(8-4-21)20(30)15-9-14-2-6-29(19(14)25-11-15)17-1-5-24-18(10-17)16-12-26-27-13-16/h1-2,5-6,9-13H,3-4,7-8H2,(H,26,27). The molecule has 0 atom stereocenters. The van der Waals surface area contributed by atoms with Gasteiger partial charge in [-0.1, -0.05) is 0 Å². The van der Waals surface area contributed by atoms with Crippen LogP contribution in [0.4, 0.5) is 8.78 Å². The zero-order valence-corrected chi connectivity index (χ0v) is 15.9. The number of nitrogens with zero attached hydrogens (tertiary/aromatic N) is 5. The molecule has 1 N–H and O–H groups in total. The Morgan fingerprint density at radius 2 is 1.93 bits per heavy atom. The molecule has 1 amide bonds. The number of halogens is 2. The lowest BCUT2D eigenvalue weighted by molar-refractivity contribution is -0.0494. The summed E-state index contributed by atoms with van der Waals surface area (Å²) in [5.41, 5.74) is 3.62. The van der Waals surface area contributed by atoms with Crippen LogP contribution in [0.5, 0.6) is 0 Å². The maximum Gasteiger partial charge on any atom is 0.255 e. The van der Waals surface area contributed by atoms with Gasteiger partial charge < -0.3 is 9.47 Å². The molecule has 0 saturated carbocycles. The van der Waals surface area contributed by atoms with Gasteiger partial charge in [-0.15, -0.1) is 0 Å². The van der Waals surface area contributed by atoms with E-state index in [0.29, 0.717) is 11.2 Å². The first-order valence-electron chi connectivity index (χ1n) is 9.60. The van der Waals surface area contributed by atoms with Crippen LogP contribution in [0.25, 0.3) is 28.0 Å². The van der Waals surface area contributed by atoms with E-state index in [1.54, 1.807) is 24.7 Å². The van der Waals surface area contributed by atoms with Crippen LogP contribution in [0.15, 0.2) is 55.2 Å². The van der Waals surface area contributed by atoms with E-state index in [2.05, 4.69) is 20.2 Å². The number of carbonyl (C=O) groups is 1. The Balaban J connectivity index is 1.44. The lowest BCUT2D eigenvalue weighted by atomic mass is 10.1. The Morgan fingerprint density at radius 1 is 1.10 bits per heavy atom. The molecular formula is C21H18F2N6O.